The number of hydrogen-bond acceptors (Lipinski definition) is 8. The zero-order valence-electron chi connectivity index (χ0n) is 14.2. The first-order valence-electron chi connectivity index (χ1n) is 7.99. The van der Waals surface area contributed by atoms with Crippen molar-refractivity contribution in [3.05, 3.63) is 62.9 Å². The fraction of sp³-hybridized carbons (Fsp3) is 0.375. The Bertz CT molecular complexity index is 1030. The molecular formula is C16H18N2O8S. The van der Waals surface area contributed by atoms with Gasteiger partial charge >= 0.3 is 5.69 Å². The molecule has 1 aromatic carbocycles. The minimum absolute atomic E-state index is 0.139. The Morgan fingerprint density at radius 3 is 2.48 bits per heavy atom. The molecule has 11 heteroatoms. The summed E-state index contributed by atoms with van der Waals surface area (Å²) < 4.78 is 36.6. The quantitative estimate of drug-likeness (QED) is 0.536. The number of aromatic amines is 1. The Hall–Kier alpha value is -2.31. The molecule has 1 saturated heterocycles. The second-order valence-corrected chi connectivity index (χ2v) is 7.66. The van der Waals surface area contributed by atoms with Gasteiger partial charge in [-0.3, -0.25) is 18.5 Å². The molecule has 1 aliphatic rings. The van der Waals surface area contributed by atoms with E-state index in [1.54, 1.807) is 19.1 Å². The van der Waals surface area contributed by atoms with Crippen LogP contribution in [0.3, 0.4) is 0 Å². The van der Waals surface area contributed by atoms with E-state index in [0.717, 1.165) is 22.4 Å². The van der Waals surface area contributed by atoms with Gasteiger partial charge in [0, 0.05) is 12.3 Å². The van der Waals surface area contributed by atoms with Crippen LogP contribution in [0, 0.1) is 6.92 Å². The minimum Gasteiger partial charge on any atom is -0.394 e. The molecule has 4 atom stereocenters. The van der Waals surface area contributed by atoms with E-state index in [4.69, 9.17) is 8.92 Å². The predicted octanol–water partition coefficient (Wildman–Crippen LogP) is -1.13. The van der Waals surface area contributed by atoms with Crippen LogP contribution in [0.5, 0.6) is 0 Å². The van der Waals surface area contributed by atoms with Crippen LogP contribution < -0.4 is 11.2 Å². The van der Waals surface area contributed by atoms with Crippen LogP contribution in [0.2, 0.25) is 0 Å². The lowest BCUT2D eigenvalue weighted by Gasteiger charge is -2.21. The second-order valence-electron chi connectivity index (χ2n) is 6.08. The standard InChI is InChI=1S/C16H18N2O8S/c1-9-2-4-10(5-3-9)27(23,24)26-14-13(21)11(8-19)25-15(14)18-7-6-12(20)17-16(18)22/h2-7,11,13-15,19,21H,8H2,1H3,(H,17,20,22)/t11-,13-,14-,15-/m0/s1. The molecule has 1 aromatic heterocycles. The van der Waals surface area contributed by atoms with Crippen LogP contribution in [-0.4, -0.2) is 53.1 Å². The number of nitrogens with zero attached hydrogens (tertiary/aromatic N) is 1. The molecule has 2 aromatic rings. The van der Waals surface area contributed by atoms with Gasteiger partial charge in [-0.05, 0) is 19.1 Å². The van der Waals surface area contributed by atoms with Crippen LogP contribution in [0.15, 0.2) is 51.0 Å². The molecule has 0 saturated carbocycles. The third kappa shape index (κ3) is 3.87. The number of H-pyrrole nitrogens is 1. The molecule has 0 aliphatic carbocycles. The lowest BCUT2D eigenvalue weighted by molar-refractivity contribution is -0.0519. The highest BCUT2D eigenvalue weighted by atomic mass is 32.2. The number of hydrogen-bond donors (Lipinski definition) is 3. The summed E-state index contributed by atoms with van der Waals surface area (Å²) in [6.07, 6.45) is -4.50. The van der Waals surface area contributed by atoms with Gasteiger partial charge in [-0.1, -0.05) is 17.7 Å². The highest BCUT2D eigenvalue weighted by molar-refractivity contribution is 7.86. The van der Waals surface area contributed by atoms with Crippen LogP contribution in [0.4, 0.5) is 0 Å². The first-order chi connectivity index (χ1) is 12.7. The van der Waals surface area contributed by atoms with Gasteiger partial charge in [-0.15, -0.1) is 0 Å². The lowest BCUT2D eigenvalue weighted by Crippen LogP contribution is -2.40. The average molecular weight is 398 g/mol. The molecule has 27 heavy (non-hydrogen) atoms. The van der Waals surface area contributed by atoms with Gasteiger partial charge in [0.05, 0.1) is 11.5 Å². The fourth-order valence-corrected chi connectivity index (χ4v) is 3.81. The minimum atomic E-state index is -4.30. The third-order valence-electron chi connectivity index (χ3n) is 4.17. The topological polar surface area (TPSA) is 148 Å². The maximum absolute atomic E-state index is 12.6. The Morgan fingerprint density at radius 2 is 1.89 bits per heavy atom. The Kier molecular flexibility index (Phi) is 5.31. The van der Waals surface area contributed by atoms with E-state index in [9.17, 15) is 28.2 Å². The van der Waals surface area contributed by atoms with Gasteiger partial charge in [-0.25, -0.2) is 4.79 Å². The average Bonchev–Trinajstić information content (AvgIpc) is 2.91. The van der Waals surface area contributed by atoms with E-state index < -0.39 is 52.5 Å². The highest BCUT2D eigenvalue weighted by Crippen LogP contribution is 2.33. The number of aromatic nitrogens is 2. The number of aliphatic hydroxyl groups excluding tert-OH is 2. The Morgan fingerprint density at radius 1 is 1.22 bits per heavy atom. The van der Waals surface area contributed by atoms with Crippen molar-refractivity contribution in [2.24, 2.45) is 0 Å². The first kappa shape index (κ1) is 19.5. The Labute approximate surface area is 153 Å². The zero-order chi connectivity index (χ0) is 19.8. The van der Waals surface area contributed by atoms with E-state index in [1.165, 1.54) is 12.1 Å². The third-order valence-corrected chi connectivity index (χ3v) is 5.49. The van der Waals surface area contributed by atoms with Crippen molar-refractivity contribution in [2.75, 3.05) is 6.61 Å². The monoisotopic (exact) mass is 398 g/mol. The van der Waals surface area contributed by atoms with Crippen molar-refractivity contribution in [3.63, 3.8) is 0 Å². The summed E-state index contributed by atoms with van der Waals surface area (Å²) in [4.78, 5) is 25.1. The molecule has 0 unspecified atom stereocenters. The summed E-state index contributed by atoms with van der Waals surface area (Å²) in [5.41, 5.74) is -0.686. The molecule has 3 N–H and O–H groups in total. The first-order valence-corrected chi connectivity index (χ1v) is 9.39. The maximum Gasteiger partial charge on any atom is 0.330 e. The molecule has 10 nitrogen and oxygen atoms in total. The molecule has 0 bridgehead atoms. The summed E-state index contributed by atoms with van der Waals surface area (Å²) in [6.45, 7) is 1.16. The zero-order valence-corrected chi connectivity index (χ0v) is 15.0. The van der Waals surface area contributed by atoms with Gasteiger partial charge in [0.1, 0.15) is 12.2 Å². The lowest BCUT2D eigenvalue weighted by atomic mass is 10.1. The van der Waals surface area contributed by atoms with Crippen LogP contribution in [0.1, 0.15) is 11.8 Å². The van der Waals surface area contributed by atoms with Crippen LogP contribution in [0.25, 0.3) is 0 Å². The van der Waals surface area contributed by atoms with Crippen molar-refractivity contribution in [1.29, 1.82) is 0 Å². The summed E-state index contributed by atoms with van der Waals surface area (Å²) in [5.74, 6) is 0. The Balaban J connectivity index is 1.98. The van der Waals surface area contributed by atoms with Gasteiger partial charge in [0.15, 0.2) is 12.3 Å². The van der Waals surface area contributed by atoms with Gasteiger partial charge < -0.3 is 14.9 Å². The predicted molar refractivity (Wildman–Crippen MR) is 91.6 cm³/mol. The second kappa shape index (κ2) is 7.37. The summed E-state index contributed by atoms with van der Waals surface area (Å²) in [6, 6.07) is 6.89. The number of rotatable bonds is 5. The number of benzene rings is 1. The summed E-state index contributed by atoms with van der Waals surface area (Å²) in [5, 5.41) is 19.7. The van der Waals surface area contributed by atoms with Gasteiger partial charge in [0.25, 0.3) is 15.7 Å². The highest BCUT2D eigenvalue weighted by Gasteiger charge is 2.48. The van der Waals surface area contributed by atoms with Crippen molar-refractivity contribution < 1.29 is 27.6 Å². The normalized spacial score (nSPS) is 25.6. The van der Waals surface area contributed by atoms with E-state index in [2.05, 4.69) is 0 Å². The molecular weight excluding hydrogens is 380 g/mol. The van der Waals surface area contributed by atoms with Crippen LogP contribution >= 0.6 is 0 Å². The molecule has 146 valence electrons. The SMILES string of the molecule is Cc1ccc(S(=O)(=O)O[C@H]2[C@@H](O)[C@H](CO)O[C@@H]2n2ccc(=O)[nH]c2=O)cc1. The maximum atomic E-state index is 12.6. The van der Waals surface area contributed by atoms with Gasteiger partial charge in [0.2, 0.25) is 0 Å². The van der Waals surface area contributed by atoms with E-state index >= 15 is 0 Å². The van der Waals surface area contributed by atoms with Crippen molar-refractivity contribution in [2.45, 2.75) is 36.4 Å². The molecule has 0 radical (unpaired) electrons. The van der Waals surface area contributed by atoms with E-state index in [1.807, 2.05) is 4.98 Å². The molecule has 1 fully saturated rings. The van der Waals surface area contributed by atoms with Crippen molar-refractivity contribution in [1.82, 2.24) is 9.55 Å². The van der Waals surface area contributed by atoms with Gasteiger partial charge in [-0.2, -0.15) is 8.42 Å². The molecule has 3 rings (SSSR count). The van der Waals surface area contributed by atoms with E-state index in [0.29, 0.717) is 0 Å². The van der Waals surface area contributed by atoms with Crippen LogP contribution in [-0.2, 0) is 19.0 Å². The molecule has 0 spiro atoms. The number of nitrogens with one attached hydrogen (secondary N) is 1. The molecule has 2 heterocycles. The fourth-order valence-electron chi connectivity index (χ4n) is 2.73. The number of aryl methyl sites for hydroxylation is 1. The van der Waals surface area contributed by atoms with Crippen molar-refractivity contribution >= 4 is 10.1 Å². The summed E-state index contributed by atoms with van der Waals surface area (Å²) in [7, 11) is -4.30. The smallest absolute Gasteiger partial charge is 0.330 e. The molecule has 1 aliphatic heterocycles. The van der Waals surface area contributed by atoms with Crippen molar-refractivity contribution in [3.8, 4) is 0 Å². The number of ether oxygens (including phenoxy) is 1. The number of aliphatic hydroxyl groups is 2. The van der Waals surface area contributed by atoms with E-state index in [-0.39, 0.29) is 4.90 Å². The molecule has 0 amide bonds. The summed E-state index contributed by atoms with van der Waals surface area (Å²) >= 11 is 0. The largest absolute Gasteiger partial charge is 0.394 e.